The van der Waals surface area contributed by atoms with E-state index in [2.05, 4.69) is 5.32 Å². The Hall–Kier alpha value is -1.14. The molecule has 2 aliphatic rings. The molecule has 1 amide bonds. The highest BCUT2D eigenvalue weighted by Crippen LogP contribution is 2.31. The molecule has 0 aromatic rings. The van der Waals surface area contributed by atoms with Gasteiger partial charge in [0.1, 0.15) is 5.54 Å². The lowest BCUT2D eigenvalue weighted by atomic mass is 9.77. The normalized spacial score (nSPS) is 24.3. The second-order valence-electron chi connectivity index (χ2n) is 5.40. The summed E-state index contributed by atoms with van der Waals surface area (Å²) in [5.41, 5.74) is 4.80. The summed E-state index contributed by atoms with van der Waals surface area (Å²) in [5, 5.41) is 11.8. The molecular weight excluding hydrogens is 234 g/mol. The van der Waals surface area contributed by atoms with Gasteiger partial charge in [0.05, 0.1) is 6.54 Å². The van der Waals surface area contributed by atoms with E-state index in [-0.39, 0.29) is 18.5 Å². The topological polar surface area (TPSA) is 95.7 Å². The van der Waals surface area contributed by atoms with Crippen LogP contribution < -0.4 is 11.1 Å². The third-order valence-corrected chi connectivity index (χ3v) is 3.99. The Bertz CT molecular complexity index is 333. The molecule has 0 bridgehead atoms. The summed E-state index contributed by atoms with van der Waals surface area (Å²) in [6.45, 7) is 1.91. The molecule has 4 N–H and O–H groups in total. The number of aliphatic carboxylic acids is 1. The van der Waals surface area contributed by atoms with Crippen LogP contribution in [0, 0.1) is 0 Å². The van der Waals surface area contributed by atoms with Crippen molar-refractivity contribution < 1.29 is 14.7 Å². The van der Waals surface area contributed by atoms with Gasteiger partial charge in [-0.2, -0.15) is 0 Å². The first-order valence-electron chi connectivity index (χ1n) is 6.54. The van der Waals surface area contributed by atoms with Crippen molar-refractivity contribution in [3.05, 3.63) is 0 Å². The quantitative estimate of drug-likeness (QED) is 0.631. The van der Waals surface area contributed by atoms with Crippen LogP contribution in [-0.2, 0) is 9.59 Å². The smallest absolute Gasteiger partial charge is 0.329 e. The highest BCUT2D eigenvalue weighted by molar-refractivity contribution is 5.88. The Morgan fingerprint density at radius 1 is 1.33 bits per heavy atom. The number of likely N-dealkylation sites (tertiary alicyclic amines) is 1. The molecule has 1 heterocycles. The Labute approximate surface area is 107 Å². The Morgan fingerprint density at radius 3 is 2.39 bits per heavy atom. The second kappa shape index (κ2) is 5.24. The Balaban J connectivity index is 1.80. The molecule has 1 saturated carbocycles. The molecule has 18 heavy (non-hydrogen) atoms. The van der Waals surface area contributed by atoms with Crippen LogP contribution >= 0.6 is 0 Å². The van der Waals surface area contributed by atoms with Crippen molar-refractivity contribution in [1.29, 1.82) is 0 Å². The van der Waals surface area contributed by atoms with E-state index in [1.807, 2.05) is 4.90 Å². The summed E-state index contributed by atoms with van der Waals surface area (Å²) in [6.07, 6.45) is 3.75. The van der Waals surface area contributed by atoms with Crippen molar-refractivity contribution >= 4 is 11.9 Å². The number of carbonyl (C=O) groups is 2. The number of nitrogens with one attached hydrogen (secondary N) is 1. The molecule has 1 aliphatic carbocycles. The molecular formula is C12H21N3O3. The van der Waals surface area contributed by atoms with E-state index in [1.165, 1.54) is 0 Å². The van der Waals surface area contributed by atoms with Crippen molar-refractivity contribution in [2.24, 2.45) is 5.73 Å². The summed E-state index contributed by atoms with van der Waals surface area (Å²) >= 11 is 0. The summed E-state index contributed by atoms with van der Waals surface area (Å²) in [4.78, 5) is 25.0. The minimum atomic E-state index is -0.997. The summed E-state index contributed by atoms with van der Waals surface area (Å²) in [7, 11) is 0. The van der Waals surface area contributed by atoms with E-state index in [9.17, 15) is 9.59 Å². The van der Waals surface area contributed by atoms with Gasteiger partial charge < -0.3 is 16.2 Å². The van der Waals surface area contributed by atoms with Gasteiger partial charge in [-0.3, -0.25) is 9.69 Å². The molecule has 0 atom stereocenters. The van der Waals surface area contributed by atoms with Crippen LogP contribution in [0.15, 0.2) is 0 Å². The zero-order valence-corrected chi connectivity index (χ0v) is 10.5. The fraction of sp³-hybridized carbons (Fsp3) is 0.833. The lowest BCUT2D eigenvalue weighted by molar-refractivity contribution is -0.152. The van der Waals surface area contributed by atoms with E-state index < -0.39 is 11.5 Å². The Kier molecular flexibility index (Phi) is 3.87. The summed E-state index contributed by atoms with van der Waals surface area (Å²) in [6, 6.07) is 0.237. The number of nitrogens with zero attached hydrogens (tertiary/aromatic N) is 1. The van der Waals surface area contributed by atoms with Gasteiger partial charge in [0.25, 0.3) is 0 Å². The van der Waals surface area contributed by atoms with Gasteiger partial charge in [-0.1, -0.05) is 0 Å². The number of carboxylic acids is 1. The minimum Gasteiger partial charge on any atom is -0.480 e. The van der Waals surface area contributed by atoms with Gasteiger partial charge in [0.2, 0.25) is 5.91 Å². The number of hydrogen-bond acceptors (Lipinski definition) is 4. The number of carbonyl (C=O) groups excluding carboxylic acids is 1. The zero-order chi connectivity index (χ0) is 13.2. The predicted molar refractivity (Wildman–Crippen MR) is 66.0 cm³/mol. The van der Waals surface area contributed by atoms with Gasteiger partial charge in [-0.15, -0.1) is 0 Å². The van der Waals surface area contributed by atoms with Crippen molar-refractivity contribution in [2.75, 3.05) is 19.6 Å². The second-order valence-corrected chi connectivity index (χ2v) is 5.40. The third kappa shape index (κ3) is 2.81. The van der Waals surface area contributed by atoms with Gasteiger partial charge in [-0.25, -0.2) is 4.79 Å². The van der Waals surface area contributed by atoms with Crippen LogP contribution in [0.25, 0.3) is 0 Å². The molecule has 1 saturated heterocycles. The van der Waals surface area contributed by atoms with Gasteiger partial charge in [0.15, 0.2) is 0 Å². The standard InChI is InChI=1S/C12H21N3O3/c13-9-2-6-15(7-3-9)8-10(16)14-12(11(17)18)4-1-5-12/h9H,1-8,13H2,(H,14,16)(H,17,18). The Morgan fingerprint density at radius 2 is 1.94 bits per heavy atom. The molecule has 102 valence electrons. The molecule has 6 nitrogen and oxygen atoms in total. The van der Waals surface area contributed by atoms with Gasteiger partial charge in [-0.05, 0) is 32.1 Å². The van der Waals surface area contributed by atoms with Crippen molar-refractivity contribution in [3.8, 4) is 0 Å². The van der Waals surface area contributed by atoms with Crippen molar-refractivity contribution in [2.45, 2.75) is 43.7 Å². The molecule has 0 aromatic carbocycles. The maximum Gasteiger partial charge on any atom is 0.329 e. The van der Waals surface area contributed by atoms with Crippen molar-refractivity contribution in [1.82, 2.24) is 10.2 Å². The number of rotatable bonds is 4. The first kappa shape index (κ1) is 13.3. The maximum atomic E-state index is 11.9. The average molecular weight is 255 g/mol. The monoisotopic (exact) mass is 255 g/mol. The highest BCUT2D eigenvalue weighted by Gasteiger charge is 2.45. The predicted octanol–water partition coefficient (Wildman–Crippen LogP) is -0.467. The first-order chi connectivity index (χ1) is 8.52. The van der Waals surface area contributed by atoms with Gasteiger partial charge >= 0.3 is 5.97 Å². The molecule has 6 heteroatoms. The number of carboxylic acid groups (broad SMARTS) is 1. The highest BCUT2D eigenvalue weighted by atomic mass is 16.4. The van der Waals surface area contributed by atoms with Crippen molar-refractivity contribution in [3.63, 3.8) is 0 Å². The molecule has 2 fully saturated rings. The molecule has 1 aliphatic heterocycles. The molecule has 0 aromatic heterocycles. The maximum absolute atomic E-state index is 11.9. The summed E-state index contributed by atoms with van der Waals surface area (Å²) in [5.74, 6) is -1.10. The molecule has 0 unspecified atom stereocenters. The lowest BCUT2D eigenvalue weighted by Gasteiger charge is -2.39. The van der Waals surface area contributed by atoms with Gasteiger partial charge in [0, 0.05) is 19.1 Å². The lowest BCUT2D eigenvalue weighted by Crippen LogP contribution is -2.60. The van der Waals surface area contributed by atoms with E-state index in [1.54, 1.807) is 0 Å². The number of hydrogen-bond donors (Lipinski definition) is 3. The average Bonchev–Trinajstić information content (AvgIpc) is 2.26. The minimum absolute atomic E-state index is 0.187. The van der Waals surface area contributed by atoms with E-state index in [4.69, 9.17) is 10.8 Å². The van der Waals surface area contributed by atoms with Crippen LogP contribution in [0.5, 0.6) is 0 Å². The zero-order valence-electron chi connectivity index (χ0n) is 10.5. The van der Waals surface area contributed by atoms with E-state index in [0.29, 0.717) is 12.8 Å². The number of piperidine rings is 1. The van der Waals surface area contributed by atoms with Crippen LogP contribution in [0.3, 0.4) is 0 Å². The molecule has 0 radical (unpaired) electrons. The fourth-order valence-corrected chi connectivity index (χ4v) is 2.54. The molecule has 0 spiro atoms. The fourth-order valence-electron chi connectivity index (χ4n) is 2.54. The summed E-state index contributed by atoms with van der Waals surface area (Å²) < 4.78 is 0. The van der Waals surface area contributed by atoms with Crippen LogP contribution in [0.1, 0.15) is 32.1 Å². The van der Waals surface area contributed by atoms with Crippen LogP contribution in [0.4, 0.5) is 0 Å². The van der Waals surface area contributed by atoms with E-state index >= 15 is 0 Å². The third-order valence-electron chi connectivity index (χ3n) is 3.99. The number of nitrogens with two attached hydrogens (primary N) is 1. The SMILES string of the molecule is NC1CCN(CC(=O)NC2(C(=O)O)CCC2)CC1. The molecule has 2 rings (SSSR count). The number of amides is 1. The largest absolute Gasteiger partial charge is 0.480 e. The first-order valence-corrected chi connectivity index (χ1v) is 6.54. The van der Waals surface area contributed by atoms with Crippen LogP contribution in [0.2, 0.25) is 0 Å². The van der Waals surface area contributed by atoms with E-state index in [0.717, 1.165) is 32.4 Å². The van der Waals surface area contributed by atoms with Crippen LogP contribution in [-0.4, -0.2) is 53.1 Å².